The lowest BCUT2D eigenvalue weighted by atomic mass is 10.0. The Balaban J connectivity index is 0.00000182. The third kappa shape index (κ3) is 6.71. The Hall–Kier alpha value is -1.78. The van der Waals surface area contributed by atoms with E-state index in [1.54, 1.807) is 7.11 Å². The molecule has 3 aromatic rings. The molecule has 3 rings (SSSR count). The van der Waals surface area contributed by atoms with E-state index in [9.17, 15) is 0 Å². The van der Waals surface area contributed by atoms with Crippen molar-refractivity contribution in [3.8, 4) is 5.75 Å². The summed E-state index contributed by atoms with van der Waals surface area (Å²) in [4.78, 5) is 0. The van der Waals surface area contributed by atoms with Gasteiger partial charge in [0.25, 0.3) is 0 Å². The molecular formula is C22H28Cl2N2O. The third-order valence-corrected chi connectivity index (χ3v) is 4.58. The van der Waals surface area contributed by atoms with E-state index in [1.165, 1.54) is 16.3 Å². The van der Waals surface area contributed by atoms with E-state index in [4.69, 9.17) is 10.5 Å². The van der Waals surface area contributed by atoms with Gasteiger partial charge in [-0.3, -0.25) is 0 Å². The van der Waals surface area contributed by atoms with Crippen LogP contribution in [0, 0.1) is 0 Å². The lowest BCUT2D eigenvalue weighted by Gasteiger charge is -2.13. The first kappa shape index (κ1) is 23.3. The van der Waals surface area contributed by atoms with E-state index < -0.39 is 0 Å². The Morgan fingerprint density at radius 1 is 0.889 bits per heavy atom. The molecule has 0 heterocycles. The maximum atomic E-state index is 6.26. The minimum Gasteiger partial charge on any atom is -0.497 e. The predicted octanol–water partition coefficient (Wildman–Crippen LogP) is 4.91. The first-order valence-corrected chi connectivity index (χ1v) is 8.84. The van der Waals surface area contributed by atoms with Gasteiger partial charge in [-0.15, -0.1) is 24.8 Å². The monoisotopic (exact) mass is 406 g/mol. The van der Waals surface area contributed by atoms with Crippen molar-refractivity contribution in [1.82, 2.24) is 5.32 Å². The van der Waals surface area contributed by atoms with E-state index in [1.807, 2.05) is 24.3 Å². The second kappa shape index (κ2) is 11.8. The Kier molecular flexibility index (Phi) is 10.2. The fourth-order valence-electron chi connectivity index (χ4n) is 3.03. The molecule has 0 bridgehead atoms. The van der Waals surface area contributed by atoms with E-state index >= 15 is 0 Å². The minimum absolute atomic E-state index is 0. The highest BCUT2D eigenvalue weighted by Crippen LogP contribution is 2.18. The van der Waals surface area contributed by atoms with Crippen molar-refractivity contribution < 1.29 is 4.74 Å². The molecule has 3 N–H and O–H groups in total. The number of benzene rings is 3. The lowest BCUT2D eigenvalue weighted by molar-refractivity contribution is 0.414. The van der Waals surface area contributed by atoms with Crippen LogP contribution in [-0.4, -0.2) is 20.2 Å². The number of rotatable bonds is 8. The summed E-state index contributed by atoms with van der Waals surface area (Å²) in [5.74, 6) is 0.865. The average Bonchev–Trinajstić information content (AvgIpc) is 2.67. The fourth-order valence-corrected chi connectivity index (χ4v) is 3.03. The van der Waals surface area contributed by atoms with Gasteiger partial charge in [0.15, 0.2) is 0 Å². The number of nitrogens with two attached hydrogens (primary N) is 1. The zero-order valence-corrected chi connectivity index (χ0v) is 17.2. The Bertz CT molecular complexity index is 809. The van der Waals surface area contributed by atoms with E-state index in [0.717, 1.165) is 37.2 Å². The second-order valence-electron chi connectivity index (χ2n) is 6.35. The summed E-state index contributed by atoms with van der Waals surface area (Å²) >= 11 is 0. The van der Waals surface area contributed by atoms with E-state index in [-0.39, 0.29) is 30.9 Å². The molecule has 0 aliphatic rings. The van der Waals surface area contributed by atoms with Gasteiger partial charge < -0.3 is 15.8 Å². The van der Waals surface area contributed by atoms with Crippen molar-refractivity contribution in [2.75, 3.05) is 20.2 Å². The summed E-state index contributed by atoms with van der Waals surface area (Å²) in [6.07, 6.45) is 1.95. The van der Waals surface area contributed by atoms with Gasteiger partial charge in [0.05, 0.1) is 7.11 Å². The largest absolute Gasteiger partial charge is 0.497 e. The molecule has 3 aromatic carbocycles. The molecule has 0 aliphatic carbocycles. The first-order valence-electron chi connectivity index (χ1n) is 8.84. The van der Waals surface area contributed by atoms with Gasteiger partial charge in [-0.1, -0.05) is 54.6 Å². The molecule has 0 radical (unpaired) electrons. The number of hydrogen-bond donors (Lipinski definition) is 2. The van der Waals surface area contributed by atoms with Crippen molar-refractivity contribution >= 4 is 35.6 Å². The van der Waals surface area contributed by atoms with Crippen LogP contribution in [0.5, 0.6) is 5.75 Å². The van der Waals surface area contributed by atoms with Gasteiger partial charge in [0.1, 0.15) is 5.75 Å². The lowest BCUT2D eigenvalue weighted by Crippen LogP contribution is -2.23. The maximum absolute atomic E-state index is 6.26. The second-order valence-corrected chi connectivity index (χ2v) is 6.35. The van der Waals surface area contributed by atoms with Crippen molar-refractivity contribution in [2.24, 2.45) is 5.73 Å². The van der Waals surface area contributed by atoms with Crippen LogP contribution in [0.2, 0.25) is 0 Å². The summed E-state index contributed by atoms with van der Waals surface area (Å²) < 4.78 is 5.18. The Morgan fingerprint density at radius 2 is 1.59 bits per heavy atom. The van der Waals surface area contributed by atoms with Crippen molar-refractivity contribution in [3.63, 3.8) is 0 Å². The zero-order valence-electron chi connectivity index (χ0n) is 15.6. The molecule has 0 aliphatic heterocycles. The molecule has 0 amide bonds. The van der Waals surface area contributed by atoms with Crippen molar-refractivity contribution in [3.05, 3.63) is 77.9 Å². The number of halogens is 2. The van der Waals surface area contributed by atoms with Crippen LogP contribution in [0.1, 0.15) is 23.6 Å². The SMILES string of the molecule is COc1ccc(C(N)CCNCCc2ccc3ccccc3c2)cc1.Cl.Cl. The first-order chi connectivity index (χ1) is 12.3. The molecule has 1 unspecified atom stereocenters. The van der Waals surface area contributed by atoms with Crippen LogP contribution in [0.15, 0.2) is 66.7 Å². The quantitative estimate of drug-likeness (QED) is 0.522. The highest BCUT2D eigenvalue weighted by atomic mass is 35.5. The van der Waals surface area contributed by atoms with Crippen LogP contribution in [-0.2, 0) is 6.42 Å². The summed E-state index contributed by atoms with van der Waals surface area (Å²) in [7, 11) is 1.67. The smallest absolute Gasteiger partial charge is 0.118 e. The summed E-state index contributed by atoms with van der Waals surface area (Å²) in [5, 5.41) is 6.10. The van der Waals surface area contributed by atoms with Crippen LogP contribution < -0.4 is 15.8 Å². The molecule has 3 nitrogen and oxygen atoms in total. The highest BCUT2D eigenvalue weighted by Gasteiger charge is 2.05. The molecule has 146 valence electrons. The zero-order chi connectivity index (χ0) is 17.5. The molecule has 0 saturated heterocycles. The standard InChI is InChI=1S/C22H26N2O.2ClH/c1-25-21-10-8-19(9-11-21)22(23)13-15-24-14-12-17-6-7-18-4-2-3-5-20(18)16-17;;/h2-11,16,22,24H,12-15,23H2,1H3;2*1H. The number of methoxy groups -OCH3 is 1. The molecule has 1 atom stereocenters. The predicted molar refractivity (Wildman–Crippen MR) is 120 cm³/mol. The number of ether oxygens (including phenoxy) is 1. The molecule has 0 saturated carbocycles. The molecule has 27 heavy (non-hydrogen) atoms. The maximum Gasteiger partial charge on any atom is 0.118 e. The van der Waals surface area contributed by atoms with Gasteiger partial charge in [-0.05, 0) is 60.0 Å². The average molecular weight is 407 g/mol. The third-order valence-electron chi connectivity index (χ3n) is 4.58. The highest BCUT2D eigenvalue weighted by molar-refractivity contribution is 5.85. The van der Waals surface area contributed by atoms with Crippen LogP contribution in [0.4, 0.5) is 0 Å². The summed E-state index contributed by atoms with van der Waals surface area (Å²) in [6, 6.07) is 23.2. The van der Waals surface area contributed by atoms with E-state index in [0.29, 0.717) is 0 Å². The number of hydrogen-bond acceptors (Lipinski definition) is 3. The van der Waals surface area contributed by atoms with Crippen LogP contribution in [0.25, 0.3) is 10.8 Å². The molecular weight excluding hydrogens is 379 g/mol. The van der Waals surface area contributed by atoms with Crippen molar-refractivity contribution in [1.29, 1.82) is 0 Å². The van der Waals surface area contributed by atoms with Gasteiger partial charge >= 0.3 is 0 Å². The Labute approximate surface area is 174 Å². The minimum atomic E-state index is 0. The van der Waals surface area contributed by atoms with Gasteiger partial charge in [0.2, 0.25) is 0 Å². The molecule has 0 spiro atoms. The van der Waals surface area contributed by atoms with Gasteiger partial charge in [-0.2, -0.15) is 0 Å². The summed E-state index contributed by atoms with van der Waals surface area (Å²) in [6.45, 7) is 1.88. The Morgan fingerprint density at radius 3 is 2.30 bits per heavy atom. The normalized spacial score (nSPS) is 11.3. The topological polar surface area (TPSA) is 47.3 Å². The molecule has 0 aromatic heterocycles. The van der Waals surface area contributed by atoms with E-state index in [2.05, 4.69) is 47.8 Å². The van der Waals surface area contributed by atoms with Crippen molar-refractivity contribution in [2.45, 2.75) is 18.9 Å². The number of fused-ring (bicyclic) bond motifs is 1. The molecule has 5 heteroatoms. The van der Waals surface area contributed by atoms with Crippen LogP contribution >= 0.6 is 24.8 Å². The van der Waals surface area contributed by atoms with Crippen LogP contribution in [0.3, 0.4) is 0 Å². The fraction of sp³-hybridized carbons (Fsp3) is 0.273. The number of nitrogens with one attached hydrogen (secondary N) is 1. The van der Waals surface area contributed by atoms with Gasteiger partial charge in [-0.25, -0.2) is 0 Å². The summed E-state index contributed by atoms with van der Waals surface area (Å²) in [5.41, 5.74) is 8.78. The van der Waals surface area contributed by atoms with Gasteiger partial charge in [0, 0.05) is 6.04 Å². The molecule has 0 fully saturated rings.